The Labute approximate surface area is 69.1 Å². The third kappa shape index (κ3) is 2.46. The first-order valence-corrected chi connectivity index (χ1v) is 4.59. The van der Waals surface area contributed by atoms with E-state index in [9.17, 15) is 0 Å². The maximum absolute atomic E-state index is 5.73. The summed E-state index contributed by atoms with van der Waals surface area (Å²) in [6.45, 7) is 4.97. The lowest BCUT2D eigenvalue weighted by atomic mass is 10.1. The Morgan fingerprint density at radius 1 is 1.45 bits per heavy atom. The topological polar surface area (TPSA) is 35.2 Å². The SMILES string of the molecule is CC(C)OC1CCCC1CN. The molecule has 0 saturated heterocycles. The van der Waals surface area contributed by atoms with Crippen molar-refractivity contribution in [2.75, 3.05) is 6.54 Å². The fraction of sp³-hybridized carbons (Fsp3) is 1.00. The highest BCUT2D eigenvalue weighted by atomic mass is 16.5. The van der Waals surface area contributed by atoms with E-state index in [4.69, 9.17) is 10.5 Å². The zero-order valence-corrected chi connectivity index (χ0v) is 7.55. The summed E-state index contributed by atoms with van der Waals surface area (Å²) in [5.41, 5.74) is 5.62. The van der Waals surface area contributed by atoms with Crippen LogP contribution >= 0.6 is 0 Å². The molecule has 0 radical (unpaired) electrons. The van der Waals surface area contributed by atoms with E-state index < -0.39 is 0 Å². The van der Waals surface area contributed by atoms with Crippen molar-refractivity contribution in [3.63, 3.8) is 0 Å². The van der Waals surface area contributed by atoms with Crippen LogP contribution in [0.2, 0.25) is 0 Å². The van der Waals surface area contributed by atoms with Crippen LogP contribution in [0.5, 0.6) is 0 Å². The average Bonchev–Trinajstić information content (AvgIpc) is 2.34. The third-order valence-corrected chi connectivity index (χ3v) is 2.34. The Balaban J connectivity index is 2.31. The van der Waals surface area contributed by atoms with Gasteiger partial charge in [0.1, 0.15) is 0 Å². The Kier molecular flexibility index (Phi) is 3.34. The summed E-state index contributed by atoms with van der Waals surface area (Å²) in [5, 5.41) is 0. The van der Waals surface area contributed by atoms with Crippen molar-refractivity contribution >= 4 is 0 Å². The zero-order valence-electron chi connectivity index (χ0n) is 7.55. The lowest BCUT2D eigenvalue weighted by Crippen LogP contribution is -2.27. The first kappa shape index (κ1) is 9.01. The Hall–Kier alpha value is -0.0800. The van der Waals surface area contributed by atoms with Crippen LogP contribution in [0.4, 0.5) is 0 Å². The predicted molar refractivity (Wildman–Crippen MR) is 46.4 cm³/mol. The fourth-order valence-electron chi connectivity index (χ4n) is 1.80. The molecule has 11 heavy (non-hydrogen) atoms. The molecular formula is C9H19NO. The molecule has 2 atom stereocenters. The normalized spacial score (nSPS) is 31.6. The van der Waals surface area contributed by atoms with Crippen molar-refractivity contribution in [3.8, 4) is 0 Å². The van der Waals surface area contributed by atoms with Gasteiger partial charge in [0.05, 0.1) is 12.2 Å². The van der Waals surface area contributed by atoms with Gasteiger partial charge in [-0.2, -0.15) is 0 Å². The molecule has 0 aromatic heterocycles. The van der Waals surface area contributed by atoms with Crippen molar-refractivity contribution < 1.29 is 4.74 Å². The van der Waals surface area contributed by atoms with E-state index in [2.05, 4.69) is 13.8 Å². The molecule has 1 saturated carbocycles. The molecule has 0 aromatic rings. The monoisotopic (exact) mass is 157 g/mol. The highest BCUT2D eigenvalue weighted by molar-refractivity contribution is 4.79. The molecule has 2 heteroatoms. The molecule has 2 nitrogen and oxygen atoms in total. The quantitative estimate of drug-likeness (QED) is 0.674. The Morgan fingerprint density at radius 3 is 2.73 bits per heavy atom. The first-order chi connectivity index (χ1) is 5.24. The van der Waals surface area contributed by atoms with E-state index in [-0.39, 0.29) is 0 Å². The van der Waals surface area contributed by atoms with Gasteiger partial charge in [0.2, 0.25) is 0 Å². The summed E-state index contributed by atoms with van der Waals surface area (Å²) >= 11 is 0. The second-order valence-electron chi connectivity index (χ2n) is 3.65. The maximum Gasteiger partial charge on any atom is 0.0618 e. The van der Waals surface area contributed by atoms with Crippen molar-refractivity contribution in [1.82, 2.24) is 0 Å². The molecule has 1 fully saturated rings. The van der Waals surface area contributed by atoms with Crippen LogP contribution in [0.15, 0.2) is 0 Å². The highest BCUT2D eigenvalue weighted by Crippen LogP contribution is 2.27. The molecule has 66 valence electrons. The second-order valence-corrected chi connectivity index (χ2v) is 3.65. The van der Waals surface area contributed by atoms with Crippen LogP contribution in [0.3, 0.4) is 0 Å². The molecule has 0 aromatic carbocycles. The van der Waals surface area contributed by atoms with E-state index in [1.54, 1.807) is 0 Å². The van der Waals surface area contributed by atoms with Crippen molar-refractivity contribution in [1.29, 1.82) is 0 Å². The number of nitrogens with two attached hydrogens (primary N) is 1. The van der Waals surface area contributed by atoms with Gasteiger partial charge in [0.15, 0.2) is 0 Å². The van der Waals surface area contributed by atoms with E-state index in [0.29, 0.717) is 18.1 Å². The Morgan fingerprint density at radius 2 is 2.18 bits per heavy atom. The number of hydrogen-bond acceptors (Lipinski definition) is 2. The largest absolute Gasteiger partial charge is 0.375 e. The lowest BCUT2D eigenvalue weighted by Gasteiger charge is -2.20. The Bertz CT molecular complexity index is 114. The molecule has 0 amide bonds. The molecule has 1 aliphatic carbocycles. The van der Waals surface area contributed by atoms with E-state index in [1.807, 2.05) is 0 Å². The van der Waals surface area contributed by atoms with Crippen LogP contribution in [0.1, 0.15) is 33.1 Å². The summed E-state index contributed by atoms with van der Waals surface area (Å²) in [7, 11) is 0. The van der Waals surface area contributed by atoms with E-state index in [0.717, 1.165) is 6.54 Å². The van der Waals surface area contributed by atoms with Crippen molar-refractivity contribution in [3.05, 3.63) is 0 Å². The van der Waals surface area contributed by atoms with Crippen LogP contribution in [-0.4, -0.2) is 18.8 Å². The predicted octanol–water partition coefficient (Wildman–Crippen LogP) is 1.54. The smallest absolute Gasteiger partial charge is 0.0618 e. The molecule has 0 spiro atoms. The van der Waals surface area contributed by atoms with Crippen LogP contribution < -0.4 is 5.73 Å². The minimum Gasteiger partial charge on any atom is -0.375 e. The lowest BCUT2D eigenvalue weighted by molar-refractivity contribution is -0.0110. The van der Waals surface area contributed by atoms with Gasteiger partial charge in [0.25, 0.3) is 0 Å². The summed E-state index contributed by atoms with van der Waals surface area (Å²) in [6.07, 6.45) is 4.56. The molecule has 2 unspecified atom stereocenters. The van der Waals surface area contributed by atoms with E-state index in [1.165, 1.54) is 19.3 Å². The van der Waals surface area contributed by atoms with Gasteiger partial charge in [-0.25, -0.2) is 0 Å². The van der Waals surface area contributed by atoms with Gasteiger partial charge in [0, 0.05) is 0 Å². The van der Waals surface area contributed by atoms with Crippen LogP contribution in [-0.2, 0) is 4.74 Å². The first-order valence-electron chi connectivity index (χ1n) is 4.59. The number of hydrogen-bond donors (Lipinski definition) is 1. The van der Waals surface area contributed by atoms with Gasteiger partial charge < -0.3 is 10.5 Å². The van der Waals surface area contributed by atoms with Gasteiger partial charge in [-0.05, 0) is 39.2 Å². The summed E-state index contributed by atoms with van der Waals surface area (Å²) in [5.74, 6) is 0.623. The van der Waals surface area contributed by atoms with Gasteiger partial charge >= 0.3 is 0 Å². The summed E-state index contributed by atoms with van der Waals surface area (Å²) in [6, 6.07) is 0. The van der Waals surface area contributed by atoms with Gasteiger partial charge in [-0.1, -0.05) is 6.42 Å². The molecule has 0 aliphatic heterocycles. The third-order valence-electron chi connectivity index (χ3n) is 2.34. The van der Waals surface area contributed by atoms with Crippen LogP contribution in [0, 0.1) is 5.92 Å². The summed E-state index contributed by atoms with van der Waals surface area (Å²) < 4.78 is 5.73. The summed E-state index contributed by atoms with van der Waals surface area (Å²) in [4.78, 5) is 0. The molecule has 0 heterocycles. The van der Waals surface area contributed by atoms with Crippen LogP contribution in [0.25, 0.3) is 0 Å². The number of ether oxygens (including phenoxy) is 1. The van der Waals surface area contributed by atoms with Gasteiger partial charge in [-0.3, -0.25) is 0 Å². The molecule has 0 bridgehead atoms. The minimum atomic E-state index is 0.354. The van der Waals surface area contributed by atoms with Crippen molar-refractivity contribution in [2.45, 2.75) is 45.3 Å². The zero-order chi connectivity index (χ0) is 8.27. The minimum absolute atomic E-state index is 0.354. The van der Waals surface area contributed by atoms with E-state index >= 15 is 0 Å². The number of rotatable bonds is 3. The standard InChI is InChI=1S/C9H19NO/c1-7(2)11-9-5-3-4-8(9)6-10/h7-9H,3-6,10H2,1-2H3. The maximum atomic E-state index is 5.73. The van der Waals surface area contributed by atoms with Crippen molar-refractivity contribution in [2.24, 2.45) is 11.7 Å². The average molecular weight is 157 g/mol. The molecule has 2 N–H and O–H groups in total. The highest BCUT2D eigenvalue weighted by Gasteiger charge is 2.27. The fourth-order valence-corrected chi connectivity index (χ4v) is 1.80. The second kappa shape index (κ2) is 4.07. The molecular weight excluding hydrogens is 138 g/mol. The molecule has 1 aliphatic rings. The molecule has 1 rings (SSSR count). The van der Waals surface area contributed by atoms with Gasteiger partial charge in [-0.15, -0.1) is 0 Å².